The highest BCUT2D eigenvalue weighted by Crippen LogP contribution is 2.49. The number of halogens is 1. The van der Waals surface area contributed by atoms with Crippen LogP contribution in [0.2, 0.25) is 5.02 Å². The molecule has 4 rings (SSSR count). The van der Waals surface area contributed by atoms with Crippen LogP contribution in [0.25, 0.3) is 0 Å². The van der Waals surface area contributed by atoms with Crippen LogP contribution in [0.4, 0.5) is 0 Å². The standard InChI is InChI=1S/C20H21ClN2O3/c1-26-19(25)16-15-4-2-3-13-11-22-10-9-20(13,15)23-17(16)18(24)12-5-7-14(21)8-6-12/h2-3,5-8,11,15-17,22-23H,4,9-10H2,1H3. The molecule has 1 aromatic rings. The Labute approximate surface area is 157 Å². The highest BCUT2D eigenvalue weighted by molar-refractivity contribution is 6.30. The molecule has 4 unspecified atom stereocenters. The Kier molecular flexibility index (Phi) is 4.37. The number of benzene rings is 1. The summed E-state index contributed by atoms with van der Waals surface area (Å²) in [5, 5.41) is 7.38. The van der Waals surface area contributed by atoms with Crippen LogP contribution in [0.3, 0.4) is 0 Å². The van der Waals surface area contributed by atoms with Crippen LogP contribution < -0.4 is 10.6 Å². The number of carbonyl (C=O) groups excluding carboxylic acids is 2. The van der Waals surface area contributed by atoms with Gasteiger partial charge in [0.2, 0.25) is 0 Å². The van der Waals surface area contributed by atoms with Gasteiger partial charge in [-0.2, -0.15) is 0 Å². The number of methoxy groups -OCH3 is 1. The van der Waals surface area contributed by atoms with Gasteiger partial charge >= 0.3 is 5.97 Å². The SMILES string of the molecule is COC(=O)C1C(C(=O)c2ccc(Cl)cc2)NC23CCNC=C2C=CCC13. The van der Waals surface area contributed by atoms with E-state index >= 15 is 0 Å². The van der Waals surface area contributed by atoms with Crippen LogP contribution in [0.1, 0.15) is 23.2 Å². The Balaban J connectivity index is 1.75. The van der Waals surface area contributed by atoms with Gasteiger partial charge in [-0.3, -0.25) is 14.9 Å². The number of carbonyl (C=O) groups is 2. The van der Waals surface area contributed by atoms with Crippen molar-refractivity contribution in [3.63, 3.8) is 0 Å². The molecule has 0 aromatic heterocycles. The van der Waals surface area contributed by atoms with Crippen molar-refractivity contribution in [3.8, 4) is 0 Å². The summed E-state index contributed by atoms with van der Waals surface area (Å²) in [7, 11) is 1.38. The quantitative estimate of drug-likeness (QED) is 0.630. The van der Waals surface area contributed by atoms with Crippen molar-refractivity contribution >= 4 is 23.4 Å². The van der Waals surface area contributed by atoms with Crippen molar-refractivity contribution in [2.24, 2.45) is 11.8 Å². The summed E-state index contributed by atoms with van der Waals surface area (Å²) in [6, 6.07) is 6.18. The van der Waals surface area contributed by atoms with Gasteiger partial charge in [0.1, 0.15) is 0 Å². The van der Waals surface area contributed by atoms with E-state index in [0.717, 1.165) is 25.0 Å². The van der Waals surface area contributed by atoms with E-state index in [-0.39, 0.29) is 23.2 Å². The van der Waals surface area contributed by atoms with Crippen LogP contribution in [-0.2, 0) is 9.53 Å². The highest BCUT2D eigenvalue weighted by Gasteiger charge is 2.59. The molecule has 1 saturated heterocycles. The molecule has 2 aliphatic heterocycles. The molecule has 2 heterocycles. The number of rotatable bonds is 3. The molecule has 0 saturated carbocycles. The second-order valence-corrected chi connectivity index (χ2v) is 7.50. The minimum Gasteiger partial charge on any atom is -0.469 e. The van der Waals surface area contributed by atoms with Crippen molar-refractivity contribution in [2.75, 3.05) is 13.7 Å². The molecule has 0 radical (unpaired) electrons. The van der Waals surface area contributed by atoms with Crippen LogP contribution in [-0.4, -0.2) is 37.0 Å². The zero-order valence-corrected chi connectivity index (χ0v) is 15.3. The average molecular weight is 373 g/mol. The number of hydrogen-bond acceptors (Lipinski definition) is 5. The summed E-state index contributed by atoms with van der Waals surface area (Å²) in [6.45, 7) is 0.802. The molecule has 6 heteroatoms. The monoisotopic (exact) mass is 372 g/mol. The maximum atomic E-state index is 13.2. The predicted molar refractivity (Wildman–Crippen MR) is 98.9 cm³/mol. The molecule has 0 bridgehead atoms. The predicted octanol–water partition coefficient (Wildman–Crippen LogP) is 2.48. The summed E-state index contributed by atoms with van der Waals surface area (Å²) in [6.07, 6.45) is 7.72. The lowest BCUT2D eigenvalue weighted by Gasteiger charge is -2.42. The summed E-state index contributed by atoms with van der Waals surface area (Å²) < 4.78 is 5.08. The molecule has 26 heavy (non-hydrogen) atoms. The van der Waals surface area contributed by atoms with Gasteiger partial charge in [0, 0.05) is 29.2 Å². The first kappa shape index (κ1) is 17.3. The zero-order chi connectivity index (χ0) is 18.3. The molecule has 1 aliphatic carbocycles. The van der Waals surface area contributed by atoms with Crippen LogP contribution >= 0.6 is 11.6 Å². The van der Waals surface area contributed by atoms with Gasteiger partial charge in [-0.05, 0) is 42.7 Å². The Bertz CT molecular complexity index is 802. The fraction of sp³-hybridized carbons (Fsp3) is 0.400. The molecule has 1 aromatic carbocycles. The third kappa shape index (κ3) is 2.58. The van der Waals surface area contributed by atoms with E-state index < -0.39 is 12.0 Å². The minimum atomic E-state index is -0.616. The van der Waals surface area contributed by atoms with Gasteiger partial charge in [0.05, 0.1) is 24.6 Å². The smallest absolute Gasteiger partial charge is 0.311 e. The molecule has 4 atom stereocenters. The third-order valence-corrected chi connectivity index (χ3v) is 6.10. The first-order valence-electron chi connectivity index (χ1n) is 8.83. The van der Waals surface area contributed by atoms with E-state index in [0.29, 0.717) is 10.6 Å². The molecular formula is C20H21ClN2O3. The second-order valence-electron chi connectivity index (χ2n) is 7.06. The molecule has 2 N–H and O–H groups in total. The molecule has 136 valence electrons. The Hall–Kier alpha value is -2.11. The Morgan fingerprint density at radius 2 is 2.04 bits per heavy atom. The molecule has 5 nitrogen and oxygen atoms in total. The van der Waals surface area contributed by atoms with E-state index in [9.17, 15) is 9.59 Å². The molecule has 0 amide bonds. The maximum absolute atomic E-state index is 13.2. The summed E-state index contributed by atoms with van der Waals surface area (Å²) in [4.78, 5) is 25.9. The van der Waals surface area contributed by atoms with Gasteiger partial charge in [0.25, 0.3) is 0 Å². The number of hydrogen-bond donors (Lipinski definition) is 2. The third-order valence-electron chi connectivity index (χ3n) is 5.85. The number of allylic oxidation sites excluding steroid dienone is 1. The van der Waals surface area contributed by atoms with E-state index in [4.69, 9.17) is 16.3 Å². The number of ether oxygens (including phenoxy) is 1. The minimum absolute atomic E-state index is 0.00505. The molecule has 1 fully saturated rings. The number of esters is 1. The van der Waals surface area contributed by atoms with Crippen molar-refractivity contribution in [3.05, 3.63) is 58.8 Å². The summed E-state index contributed by atoms with van der Waals surface area (Å²) in [5.74, 6) is -0.956. The summed E-state index contributed by atoms with van der Waals surface area (Å²) in [5.41, 5.74) is 1.27. The number of ketones is 1. The topological polar surface area (TPSA) is 67.4 Å². The maximum Gasteiger partial charge on any atom is 0.311 e. The van der Waals surface area contributed by atoms with E-state index in [1.807, 2.05) is 6.20 Å². The van der Waals surface area contributed by atoms with Gasteiger partial charge in [-0.1, -0.05) is 23.8 Å². The van der Waals surface area contributed by atoms with Gasteiger partial charge < -0.3 is 10.1 Å². The number of Topliss-reactive ketones (excluding diaryl/α,β-unsaturated/α-hetero) is 1. The van der Waals surface area contributed by atoms with Crippen molar-refractivity contribution in [1.82, 2.24) is 10.6 Å². The summed E-state index contributed by atoms with van der Waals surface area (Å²) >= 11 is 5.94. The lowest BCUT2D eigenvalue weighted by atomic mass is 9.67. The zero-order valence-electron chi connectivity index (χ0n) is 14.5. The second kappa shape index (κ2) is 6.56. The van der Waals surface area contributed by atoms with E-state index in [1.165, 1.54) is 7.11 Å². The van der Waals surface area contributed by atoms with Crippen molar-refractivity contribution < 1.29 is 14.3 Å². The first-order chi connectivity index (χ1) is 12.6. The Morgan fingerprint density at radius 3 is 2.77 bits per heavy atom. The van der Waals surface area contributed by atoms with Gasteiger partial charge in [-0.25, -0.2) is 0 Å². The van der Waals surface area contributed by atoms with E-state index in [2.05, 4.69) is 22.8 Å². The average Bonchev–Trinajstić information content (AvgIpc) is 3.01. The molecule has 3 aliphatic rings. The van der Waals surface area contributed by atoms with Crippen LogP contribution in [0.5, 0.6) is 0 Å². The largest absolute Gasteiger partial charge is 0.469 e. The molecule has 1 spiro atoms. The first-order valence-corrected chi connectivity index (χ1v) is 9.20. The van der Waals surface area contributed by atoms with Crippen molar-refractivity contribution in [1.29, 1.82) is 0 Å². The van der Waals surface area contributed by atoms with Gasteiger partial charge in [-0.15, -0.1) is 0 Å². The van der Waals surface area contributed by atoms with Crippen LogP contribution in [0.15, 0.2) is 48.2 Å². The lowest BCUT2D eigenvalue weighted by molar-refractivity contribution is -0.147. The van der Waals surface area contributed by atoms with Gasteiger partial charge in [0.15, 0.2) is 5.78 Å². The highest BCUT2D eigenvalue weighted by atomic mass is 35.5. The normalized spacial score (nSPS) is 32.1. The fourth-order valence-electron chi connectivity index (χ4n) is 4.64. The molecular weight excluding hydrogens is 352 g/mol. The van der Waals surface area contributed by atoms with E-state index in [1.54, 1.807) is 24.3 Å². The Morgan fingerprint density at radius 1 is 1.27 bits per heavy atom. The number of nitrogens with one attached hydrogen (secondary N) is 2. The van der Waals surface area contributed by atoms with Crippen molar-refractivity contribution in [2.45, 2.75) is 24.4 Å². The fourth-order valence-corrected chi connectivity index (χ4v) is 4.76. The van der Waals surface area contributed by atoms with Crippen LogP contribution in [0, 0.1) is 11.8 Å². The lowest BCUT2D eigenvalue weighted by Crippen LogP contribution is -2.54.